The molecule has 1 aliphatic rings. The Morgan fingerprint density at radius 3 is 2.69 bits per heavy atom. The first-order valence-electron chi connectivity index (χ1n) is 10.9. The van der Waals surface area contributed by atoms with Gasteiger partial charge in [-0.15, -0.1) is 0 Å². The van der Waals surface area contributed by atoms with Gasteiger partial charge in [-0.2, -0.15) is 10.4 Å². The van der Waals surface area contributed by atoms with Gasteiger partial charge in [0.2, 0.25) is 0 Å². The van der Waals surface area contributed by atoms with Crippen molar-refractivity contribution >= 4 is 21.1 Å². The third-order valence-corrected chi connectivity index (χ3v) is 7.70. The molecule has 168 valence electrons. The third kappa shape index (κ3) is 4.55. The molecule has 9 heteroatoms. The van der Waals surface area contributed by atoms with Gasteiger partial charge < -0.3 is 9.64 Å². The molecule has 0 atom stereocenters. The van der Waals surface area contributed by atoms with Crippen molar-refractivity contribution in [3.05, 3.63) is 42.4 Å². The van der Waals surface area contributed by atoms with Gasteiger partial charge in [-0.05, 0) is 31.0 Å². The van der Waals surface area contributed by atoms with E-state index in [-0.39, 0.29) is 0 Å². The molecule has 1 fully saturated rings. The van der Waals surface area contributed by atoms with Crippen molar-refractivity contribution in [1.29, 1.82) is 5.26 Å². The molecule has 0 N–H and O–H groups in total. The fourth-order valence-electron chi connectivity index (χ4n) is 3.74. The number of nitrogens with zero attached hydrogens (tertiary/aromatic N) is 6. The Morgan fingerprint density at radius 1 is 1.28 bits per heavy atom. The standard InChI is InChI=1S/C23H28N6O2S/c1-4-31-20-11-21(23-19(12-24)15-26-29(23)16-20)18-5-6-22(25-14-18)28-7-9-32(30,10-8-28)27-13-17(2)3/h5-6,11,14-17H,4,7-10,13H2,1-3H3. The summed E-state index contributed by atoms with van der Waals surface area (Å²) < 4.78 is 24.8. The summed E-state index contributed by atoms with van der Waals surface area (Å²) in [6, 6.07) is 8.10. The Balaban J connectivity index is 1.59. The number of ether oxygens (including phenoxy) is 1. The topological polar surface area (TPSA) is 95.9 Å². The highest BCUT2D eigenvalue weighted by atomic mass is 32.2. The van der Waals surface area contributed by atoms with Crippen molar-refractivity contribution in [3.8, 4) is 22.9 Å². The molecule has 1 saturated heterocycles. The summed E-state index contributed by atoms with van der Waals surface area (Å²) in [4.78, 5) is 6.83. The lowest BCUT2D eigenvalue weighted by atomic mass is 10.1. The van der Waals surface area contributed by atoms with E-state index in [0.29, 0.717) is 55.0 Å². The van der Waals surface area contributed by atoms with Crippen LogP contribution < -0.4 is 9.64 Å². The van der Waals surface area contributed by atoms with Crippen LogP contribution in [0.3, 0.4) is 0 Å². The molecule has 4 rings (SSSR count). The summed E-state index contributed by atoms with van der Waals surface area (Å²) in [5.41, 5.74) is 2.96. The first-order valence-corrected chi connectivity index (χ1v) is 12.7. The zero-order valence-electron chi connectivity index (χ0n) is 18.7. The van der Waals surface area contributed by atoms with Crippen LogP contribution in [0, 0.1) is 17.2 Å². The number of aromatic nitrogens is 3. The van der Waals surface area contributed by atoms with E-state index in [1.165, 1.54) is 0 Å². The molecular weight excluding hydrogens is 424 g/mol. The number of hydrogen-bond donors (Lipinski definition) is 0. The lowest BCUT2D eigenvalue weighted by Crippen LogP contribution is -2.40. The average molecular weight is 453 g/mol. The SMILES string of the molecule is CCOc1cc(-c2ccc(N3CCS(=O)(=NCC(C)C)CC3)nc2)c2c(C#N)cnn2c1. The predicted molar refractivity (Wildman–Crippen MR) is 127 cm³/mol. The van der Waals surface area contributed by atoms with Crippen molar-refractivity contribution in [3.63, 3.8) is 0 Å². The van der Waals surface area contributed by atoms with Gasteiger partial charge in [-0.3, -0.25) is 0 Å². The summed E-state index contributed by atoms with van der Waals surface area (Å²) in [6.45, 7) is 8.66. The van der Waals surface area contributed by atoms with Gasteiger partial charge >= 0.3 is 0 Å². The van der Waals surface area contributed by atoms with Crippen LogP contribution in [0.1, 0.15) is 26.3 Å². The lowest BCUT2D eigenvalue weighted by Gasteiger charge is -2.30. The maximum absolute atomic E-state index is 12.9. The van der Waals surface area contributed by atoms with E-state index in [1.807, 2.05) is 31.3 Å². The zero-order valence-corrected chi connectivity index (χ0v) is 19.5. The van der Waals surface area contributed by atoms with Gasteiger partial charge in [0.1, 0.15) is 17.6 Å². The van der Waals surface area contributed by atoms with Crippen LogP contribution in [0.2, 0.25) is 0 Å². The Morgan fingerprint density at radius 2 is 2.06 bits per heavy atom. The number of fused-ring (bicyclic) bond motifs is 1. The molecule has 0 radical (unpaired) electrons. The van der Waals surface area contributed by atoms with Gasteiger partial charge in [-0.1, -0.05) is 13.8 Å². The molecule has 8 nitrogen and oxygen atoms in total. The van der Waals surface area contributed by atoms with Gasteiger partial charge in [-0.25, -0.2) is 18.1 Å². The molecule has 32 heavy (non-hydrogen) atoms. The van der Waals surface area contributed by atoms with Gasteiger partial charge in [0, 0.05) is 41.9 Å². The molecule has 3 aromatic heterocycles. The number of hydrogen-bond acceptors (Lipinski definition) is 7. The summed E-state index contributed by atoms with van der Waals surface area (Å²) in [6.07, 6.45) is 5.15. The lowest BCUT2D eigenvalue weighted by molar-refractivity contribution is 0.338. The van der Waals surface area contributed by atoms with Crippen LogP contribution in [-0.4, -0.2) is 56.6 Å². The summed E-state index contributed by atoms with van der Waals surface area (Å²) in [5, 5.41) is 13.8. The second-order valence-corrected chi connectivity index (χ2v) is 10.9. The van der Waals surface area contributed by atoms with Crippen LogP contribution in [0.15, 0.2) is 41.2 Å². The molecule has 0 bridgehead atoms. The number of pyridine rings is 2. The molecule has 0 aliphatic carbocycles. The van der Waals surface area contributed by atoms with Gasteiger partial charge in [0.25, 0.3) is 0 Å². The first-order chi connectivity index (χ1) is 15.4. The molecule has 0 aromatic carbocycles. The van der Waals surface area contributed by atoms with E-state index in [4.69, 9.17) is 4.74 Å². The number of rotatable bonds is 6. The normalized spacial score (nSPS) is 15.7. The minimum atomic E-state index is -2.11. The maximum Gasteiger partial charge on any atom is 0.138 e. The fraction of sp³-hybridized carbons (Fsp3) is 0.435. The van der Waals surface area contributed by atoms with Crippen molar-refractivity contribution < 1.29 is 8.95 Å². The Kier molecular flexibility index (Phi) is 6.33. The summed E-state index contributed by atoms with van der Waals surface area (Å²) in [5.74, 6) is 3.10. The summed E-state index contributed by atoms with van der Waals surface area (Å²) in [7, 11) is -2.11. The Labute approximate surface area is 189 Å². The predicted octanol–water partition coefficient (Wildman–Crippen LogP) is 3.61. The molecule has 3 aromatic rings. The van der Waals surface area contributed by atoms with Crippen LogP contribution in [0.5, 0.6) is 5.75 Å². The van der Waals surface area contributed by atoms with Crippen LogP contribution >= 0.6 is 0 Å². The second-order valence-electron chi connectivity index (χ2n) is 8.26. The van der Waals surface area contributed by atoms with Gasteiger partial charge in [0.05, 0.1) is 46.4 Å². The van der Waals surface area contributed by atoms with E-state index in [1.54, 1.807) is 16.9 Å². The first kappa shape index (κ1) is 22.1. The zero-order chi connectivity index (χ0) is 22.7. The molecule has 0 spiro atoms. The van der Waals surface area contributed by atoms with Crippen LogP contribution in [0.25, 0.3) is 16.6 Å². The minimum Gasteiger partial charge on any atom is -0.492 e. The van der Waals surface area contributed by atoms with E-state index >= 15 is 0 Å². The largest absolute Gasteiger partial charge is 0.492 e. The number of anilines is 1. The molecule has 0 saturated carbocycles. The van der Waals surface area contributed by atoms with Gasteiger partial charge in [0.15, 0.2) is 0 Å². The number of nitriles is 1. The maximum atomic E-state index is 12.9. The van der Waals surface area contributed by atoms with Crippen molar-refractivity contribution in [1.82, 2.24) is 14.6 Å². The van der Waals surface area contributed by atoms with Crippen LogP contribution in [0.4, 0.5) is 5.82 Å². The minimum absolute atomic E-state index is 0.422. The highest BCUT2D eigenvalue weighted by Gasteiger charge is 2.22. The smallest absolute Gasteiger partial charge is 0.138 e. The Hall–Kier alpha value is -3.12. The third-order valence-electron chi connectivity index (χ3n) is 5.44. The van der Waals surface area contributed by atoms with Crippen molar-refractivity contribution in [2.75, 3.05) is 42.6 Å². The fourth-order valence-corrected chi connectivity index (χ4v) is 5.78. The van der Waals surface area contributed by atoms with E-state index in [9.17, 15) is 9.47 Å². The molecule has 0 unspecified atom stereocenters. The van der Waals surface area contributed by atoms with E-state index in [2.05, 4.69) is 39.3 Å². The molecule has 4 heterocycles. The molecule has 1 aliphatic heterocycles. The summed E-state index contributed by atoms with van der Waals surface area (Å²) >= 11 is 0. The highest BCUT2D eigenvalue weighted by Crippen LogP contribution is 2.31. The molecule has 0 amide bonds. The van der Waals surface area contributed by atoms with E-state index in [0.717, 1.165) is 22.5 Å². The molecular formula is C23H28N6O2S. The van der Waals surface area contributed by atoms with Crippen molar-refractivity contribution in [2.24, 2.45) is 10.3 Å². The van der Waals surface area contributed by atoms with Crippen LogP contribution in [-0.2, 0) is 9.73 Å². The Bertz CT molecular complexity index is 1250. The van der Waals surface area contributed by atoms with E-state index < -0.39 is 9.73 Å². The quantitative estimate of drug-likeness (QED) is 0.567. The average Bonchev–Trinajstić information content (AvgIpc) is 3.21. The highest BCUT2D eigenvalue weighted by molar-refractivity contribution is 7.93. The monoisotopic (exact) mass is 452 g/mol. The second kappa shape index (κ2) is 9.17. The van der Waals surface area contributed by atoms with Crippen molar-refractivity contribution in [2.45, 2.75) is 20.8 Å².